The van der Waals surface area contributed by atoms with Gasteiger partial charge in [0, 0.05) is 51.3 Å². The smallest absolute Gasteiger partial charge is 0.236 e. The molecule has 3 aliphatic rings. The predicted molar refractivity (Wildman–Crippen MR) is 99.0 cm³/mol. The van der Waals surface area contributed by atoms with Gasteiger partial charge in [-0.1, -0.05) is 6.92 Å². The van der Waals surface area contributed by atoms with Gasteiger partial charge < -0.3 is 19.5 Å². The number of nitrogens with one attached hydrogen (secondary N) is 1. The number of hydrogen-bond acceptors (Lipinski definition) is 5. The molecule has 0 bridgehead atoms. The van der Waals surface area contributed by atoms with E-state index >= 15 is 0 Å². The summed E-state index contributed by atoms with van der Waals surface area (Å²) in [5.74, 6) is 0.356. The minimum Gasteiger partial charge on any atom is -0.379 e. The van der Waals surface area contributed by atoms with Crippen molar-refractivity contribution in [1.29, 1.82) is 0 Å². The molecule has 2 amide bonds. The molecule has 1 N–H and O–H groups in total. The van der Waals surface area contributed by atoms with E-state index < -0.39 is 0 Å². The summed E-state index contributed by atoms with van der Waals surface area (Å²) in [6, 6.07) is 0. The summed E-state index contributed by atoms with van der Waals surface area (Å²) in [5.41, 5.74) is 1.79. The average Bonchev–Trinajstić information content (AvgIpc) is 3.19. The van der Waals surface area contributed by atoms with Gasteiger partial charge in [-0.3, -0.25) is 14.5 Å². The quantitative estimate of drug-likeness (QED) is 0.825. The van der Waals surface area contributed by atoms with E-state index in [0.29, 0.717) is 39.3 Å². The SMILES string of the molecule is CCC(=O)N1CCc2[nH]cnc2C12CCN(C(=O)CN1CCOCC1)CC2. The molecular weight excluding hydrogens is 346 g/mol. The topological polar surface area (TPSA) is 81.8 Å². The molecule has 148 valence electrons. The van der Waals surface area contributed by atoms with E-state index in [1.807, 2.05) is 16.7 Å². The molecule has 4 rings (SSSR count). The maximum Gasteiger partial charge on any atom is 0.236 e. The molecule has 2 saturated heterocycles. The zero-order valence-electron chi connectivity index (χ0n) is 16.1. The van der Waals surface area contributed by atoms with Crippen LogP contribution in [0.1, 0.15) is 37.6 Å². The number of fused-ring (bicyclic) bond motifs is 2. The van der Waals surface area contributed by atoms with E-state index in [2.05, 4.69) is 14.9 Å². The number of aromatic nitrogens is 2. The molecular formula is C19H29N5O3. The Hall–Kier alpha value is -1.93. The summed E-state index contributed by atoms with van der Waals surface area (Å²) in [7, 11) is 0. The van der Waals surface area contributed by atoms with Crippen LogP contribution in [0.25, 0.3) is 0 Å². The second kappa shape index (κ2) is 7.59. The van der Waals surface area contributed by atoms with E-state index in [4.69, 9.17) is 4.74 Å². The fraction of sp³-hybridized carbons (Fsp3) is 0.737. The van der Waals surface area contributed by atoms with Crippen molar-refractivity contribution in [2.45, 2.75) is 38.1 Å². The number of nitrogens with zero attached hydrogens (tertiary/aromatic N) is 4. The Morgan fingerprint density at radius 2 is 1.89 bits per heavy atom. The number of carbonyl (C=O) groups excluding carboxylic acids is 2. The van der Waals surface area contributed by atoms with Crippen LogP contribution in [0.5, 0.6) is 0 Å². The second-order valence-electron chi connectivity index (χ2n) is 7.68. The monoisotopic (exact) mass is 375 g/mol. The van der Waals surface area contributed by atoms with Crippen LogP contribution < -0.4 is 0 Å². The molecule has 0 aromatic carbocycles. The molecule has 8 nitrogen and oxygen atoms in total. The van der Waals surface area contributed by atoms with Crippen molar-refractivity contribution >= 4 is 11.8 Å². The number of imidazole rings is 1. The molecule has 0 radical (unpaired) electrons. The lowest BCUT2D eigenvalue weighted by Gasteiger charge is -2.50. The molecule has 0 unspecified atom stereocenters. The number of piperidine rings is 1. The second-order valence-corrected chi connectivity index (χ2v) is 7.68. The highest BCUT2D eigenvalue weighted by atomic mass is 16.5. The fourth-order valence-electron chi connectivity index (χ4n) is 4.72. The van der Waals surface area contributed by atoms with Gasteiger partial charge in [-0.25, -0.2) is 4.98 Å². The van der Waals surface area contributed by atoms with Gasteiger partial charge in [0.05, 0.1) is 37.3 Å². The van der Waals surface area contributed by atoms with Crippen LogP contribution in [0.4, 0.5) is 0 Å². The zero-order chi connectivity index (χ0) is 18.9. The first kappa shape index (κ1) is 18.4. The van der Waals surface area contributed by atoms with E-state index in [0.717, 1.165) is 50.3 Å². The van der Waals surface area contributed by atoms with Gasteiger partial charge in [-0.2, -0.15) is 0 Å². The van der Waals surface area contributed by atoms with Crippen molar-refractivity contribution in [3.63, 3.8) is 0 Å². The fourth-order valence-corrected chi connectivity index (χ4v) is 4.72. The first-order chi connectivity index (χ1) is 13.1. The van der Waals surface area contributed by atoms with Gasteiger partial charge in [-0.15, -0.1) is 0 Å². The molecule has 0 atom stereocenters. The normalized spacial score (nSPS) is 22.7. The zero-order valence-corrected chi connectivity index (χ0v) is 16.1. The van der Waals surface area contributed by atoms with Crippen LogP contribution in [0.2, 0.25) is 0 Å². The molecule has 1 aromatic heterocycles. The summed E-state index contributed by atoms with van der Waals surface area (Å²) in [6.07, 6.45) is 4.57. The van der Waals surface area contributed by atoms with E-state index in [1.165, 1.54) is 0 Å². The Morgan fingerprint density at radius 3 is 2.59 bits per heavy atom. The van der Waals surface area contributed by atoms with Crippen molar-refractivity contribution in [2.75, 3.05) is 52.5 Å². The number of morpholine rings is 1. The van der Waals surface area contributed by atoms with Crippen molar-refractivity contribution in [3.8, 4) is 0 Å². The van der Waals surface area contributed by atoms with Crippen molar-refractivity contribution in [3.05, 3.63) is 17.7 Å². The van der Waals surface area contributed by atoms with Crippen LogP contribution in [-0.4, -0.2) is 89.0 Å². The number of aromatic amines is 1. The minimum absolute atomic E-state index is 0.178. The molecule has 0 saturated carbocycles. The first-order valence-electron chi connectivity index (χ1n) is 10.0. The third-order valence-corrected chi connectivity index (χ3v) is 6.27. The van der Waals surface area contributed by atoms with Crippen molar-refractivity contribution in [2.24, 2.45) is 0 Å². The molecule has 1 aromatic rings. The van der Waals surface area contributed by atoms with Crippen LogP contribution in [0, 0.1) is 0 Å². The predicted octanol–water partition coefficient (Wildman–Crippen LogP) is 0.354. The summed E-state index contributed by atoms with van der Waals surface area (Å²) >= 11 is 0. The lowest BCUT2D eigenvalue weighted by Crippen LogP contribution is -2.59. The first-order valence-corrected chi connectivity index (χ1v) is 10.0. The van der Waals surface area contributed by atoms with Gasteiger partial charge in [0.1, 0.15) is 0 Å². The van der Waals surface area contributed by atoms with Crippen LogP contribution in [0.15, 0.2) is 6.33 Å². The number of rotatable bonds is 3. The minimum atomic E-state index is -0.365. The number of amides is 2. The Balaban J connectivity index is 1.47. The van der Waals surface area contributed by atoms with E-state index in [-0.39, 0.29) is 17.4 Å². The highest BCUT2D eigenvalue weighted by Crippen LogP contribution is 2.42. The molecule has 27 heavy (non-hydrogen) atoms. The summed E-state index contributed by atoms with van der Waals surface area (Å²) in [4.78, 5) is 39.4. The maximum atomic E-state index is 12.7. The summed E-state index contributed by atoms with van der Waals surface area (Å²) in [6.45, 7) is 7.48. The lowest BCUT2D eigenvalue weighted by atomic mass is 9.78. The third kappa shape index (κ3) is 3.36. The highest BCUT2D eigenvalue weighted by molar-refractivity contribution is 5.79. The van der Waals surface area contributed by atoms with E-state index in [1.54, 1.807) is 6.33 Å². The van der Waals surface area contributed by atoms with Crippen LogP contribution in [0.3, 0.4) is 0 Å². The van der Waals surface area contributed by atoms with Gasteiger partial charge in [0.2, 0.25) is 11.8 Å². The number of hydrogen-bond donors (Lipinski definition) is 1. The van der Waals surface area contributed by atoms with Crippen molar-refractivity contribution in [1.82, 2.24) is 24.7 Å². The highest BCUT2D eigenvalue weighted by Gasteiger charge is 2.48. The van der Waals surface area contributed by atoms with Gasteiger partial charge in [0.25, 0.3) is 0 Å². The molecule has 2 fully saturated rings. The molecule has 8 heteroatoms. The summed E-state index contributed by atoms with van der Waals surface area (Å²) in [5, 5.41) is 0. The third-order valence-electron chi connectivity index (χ3n) is 6.27. The molecule has 4 heterocycles. The van der Waals surface area contributed by atoms with Gasteiger partial charge in [0.15, 0.2) is 0 Å². The van der Waals surface area contributed by atoms with Crippen LogP contribution in [-0.2, 0) is 26.3 Å². The van der Waals surface area contributed by atoms with Gasteiger partial charge in [-0.05, 0) is 12.8 Å². The van der Waals surface area contributed by atoms with Crippen molar-refractivity contribution < 1.29 is 14.3 Å². The summed E-state index contributed by atoms with van der Waals surface area (Å²) < 4.78 is 5.36. The number of H-pyrrole nitrogens is 1. The number of likely N-dealkylation sites (tertiary alicyclic amines) is 1. The Kier molecular flexibility index (Phi) is 5.19. The standard InChI is InChI=1S/C19H29N5O3/c1-2-16(25)24-6-3-15-18(21-14-20-15)19(24)4-7-23(8-5-19)17(26)13-22-9-11-27-12-10-22/h14H,2-13H2,1H3,(H,20,21). The number of carbonyl (C=O) groups is 2. The van der Waals surface area contributed by atoms with Crippen LogP contribution >= 0.6 is 0 Å². The Bertz CT molecular complexity index is 689. The Morgan fingerprint density at radius 1 is 1.15 bits per heavy atom. The lowest BCUT2D eigenvalue weighted by molar-refractivity contribution is -0.144. The maximum absolute atomic E-state index is 12.7. The molecule has 3 aliphatic heterocycles. The number of ether oxygens (including phenoxy) is 1. The largest absolute Gasteiger partial charge is 0.379 e. The van der Waals surface area contributed by atoms with Gasteiger partial charge >= 0.3 is 0 Å². The molecule has 0 aliphatic carbocycles. The average molecular weight is 375 g/mol. The molecule has 1 spiro atoms. The van der Waals surface area contributed by atoms with E-state index in [9.17, 15) is 9.59 Å². The Labute approximate surface area is 159 Å².